The molecular weight excluding hydrogens is 433 g/mol. The van der Waals surface area contributed by atoms with E-state index in [1.807, 2.05) is 18.2 Å². The van der Waals surface area contributed by atoms with Crippen LogP contribution in [0.4, 0.5) is 10.1 Å². The van der Waals surface area contributed by atoms with Crippen molar-refractivity contribution in [3.8, 4) is 11.5 Å². The fraction of sp³-hybridized carbons (Fsp3) is 0.130. The third kappa shape index (κ3) is 5.92. The summed E-state index contributed by atoms with van der Waals surface area (Å²) in [6, 6.07) is 20.3. The van der Waals surface area contributed by atoms with Gasteiger partial charge in [-0.25, -0.2) is 18.2 Å². The molecule has 0 heterocycles. The summed E-state index contributed by atoms with van der Waals surface area (Å²) in [5.41, 5.74) is 2.73. The number of amides is 1. The molecule has 3 aromatic rings. The third-order valence-corrected chi connectivity index (χ3v) is 5.68. The summed E-state index contributed by atoms with van der Waals surface area (Å²) in [6.45, 7) is 1.43. The molecule has 0 spiro atoms. The molecule has 0 unspecified atom stereocenters. The summed E-state index contributed by atoms with van der Waals surface area (Å²) >= 11 is 0. The Bertz CT molecular complexity index is 1200. The van der Waals surface area contributed by atoms with E-state index >= 15 is 0 Å². The number of rotatable bonds is 8. The average Bonchev–Trinajstić information content (AvgIpc) is 2.76. The van der Waals surface area contributed by atoms with Crippen LogP contribution in [0.15, 0.2) is 84.0 Å². The van der Waals surface area contributed by atoms with Crippen molar-refractivity contribution < 1.29 is 22.3 Å². The molecule has 3 aromatic carbocycles. The fourth-order valence-corrected chi connectivity index (χ4v) is 4.11. The molecule has 0 aromatic heterocycles. The van der Waals surface area contributed by atoms with E-state index in [-0.39, 0.29) is 11.3 Å². The van der Waals surface area contributed by atoms with Gasteiger partial charge in [-0.1, -0.05) is 36.4 Å². The first-order valence-corrected chi connectivity index (χ1v) is 11.5. The zero-order valence-electron chi connectivity index (χ0n) is 17.5. The molecule has 0 aliphatic carbocycles. The molecule has 1 N–H and O–H groups in total. The largest absolute Gasteiger partial charge is 0.457 e. The number of nitrogens with zero attached hydrogens (tertiary/aromatic N) is 2. The standard InChI is InChI=1S/C23H22FN3O4S/c1-17(23(28)26-25-16-18-8-6-7-11-22(18)24)27(32(2,29)30)19-12-14-21(15-13-19)31-20-9-4-3-5-10-20/h3-17H,1-2H3,(H,26,28)/b25-16-/t17-/m1/s1. The monoisotopic (exact) mass is 455 g/mol. The van der Waals surface area contributed by atoms with Crippen LogP contribution >= 0.6 is 0 Å². The number of carbonyl (C=O) groups excluding carboxylic acids is 1. The summed E-state index contributed by atoms with van der Waals surface area (Å²) in [4.78, 5) is 12.5. The van der Waals surface area contributed by atoms with Crippen molar-refractivity contribution in [2.45, 2.75) is 13.0 Å². The molecule has 0 saturated heterocycles. The molecule has 1 atom stereocenters. The number of sulfonamides is 1. The van der Waals surface area contributed by atoms with Crippen molar-refractivity contribution >= 4 is 27.8 Å². The number of nitrogens with one attached hydrogen (secondary N) is 1. The van der Waals surface area contributed by atoms with E-state index in [9.17, 15) is 17.6 Å². The Morgan fingerprint density at radius 2 is 1.59 bits per heavy atom. The minimum absolute atomic E-state index is 0.189. The molecule has 0 saturated carbocycles. The lowest BCUT2D eigenvalue weighted by atomic mass is 10.2. The Morgan fingerprint density at radius 3 is 2.22 bits per heavy atom. The van der Waals surface area contributed by atoms with Gasteiger partial charge < -0.3 is 4.74 Å². The van der Waals surface area contributed by atoms with Gasteiger partial charge in [0.2, 0.25) is 10.0 Å². The minimum atomic E-state index is -3.80. The molecule has 0 aliphatic rings. The molecule has 0 fully saturated rings. The van der Waals surface area contributed by atoms with E-state index in [1.54, 1.807) is 42.5 Å². The lowest BCUT2D eigenvalue weighted by molar-refractivity contribution is -0.121. The van der Waals surface area contributed by atoms with Crippen LogP contribution in [-0.2, 0) is 14.8 Å². The number of hydrazone groups is 1. The number of para-hydroxylation sites is 1. The van der Waals surface area contributed by atoms with Crippen molar-refractivity contribution in [2.75, 3.05) is 10.6 Å². The van der Waals surface area contributed by atoms with Crippen molar-refractivity contribution in [1.29, 1.82) is 0 Å². The van der Waals surface area contributed by atoms with Gasteiger partial charge in [-0.3, -0.25) is 9.10 Å². The van der Waals surface area contributed by atoms with Gasteiger partial charge in [0.1, 0.15) is 23.4 Å². The maximum atomic E-state index is 13.6. The highest BCUT2D eigenvalue weighted by molar-refractivity contribution is 7.92. The van der Waals surface area contributed by atoms with E-state index < -0.39 is 27.8 Å². The van der Waals surface area contributed by atoms with Gasteiger partial charge in [-0.15, -0.1) is 0 Å². The minimum Gasteiger partial charge on any atom is -0.457 e. The van der Waals surface area contributed by atoms with Crippen LogP contribution in [0.2, 0.25) is 0 Å². The van der Waals surface area contributed by atoms with Gasteiger partial charge in [-0.2, -0.15) is 5.10 Å². The first kappa shape index (κ1) is 23.0. The van der Waals surface area contributed by atoms with Gasteiger partial charge in [0, 0.05) is 5.56 Å². The maximum absolute atomic E-state index is 13.6. The highest BCUT2D eigenvalue weighted by Gasteiger charge is 2.29. The third-order valence-electron chi connectivity index (χ3n) is 4.44. The summed E-state index contributed by atoms with van der Waals surface area (Å²) < 4.78 is 45.2. The first-order valence-electron chi connectivity index (χ1n) is 9.65. The summed E-state index contributed by atoms with van der Waals surface area (Å²) in [5, 5.41) is 3.74. The maximum Gasteiger partial charge on any atom is 0.263 e. The number of benzene rings is 3. The van der Waals surface area contributed by atoms with Crippen LogP contribution in [0.5, 0.6) is 11.5 Å². The normalized spacial score (nSPS) is 12.3. The van der Waals surface area contributed by atoms with Crippen LogP contribution < -0.4 is 14.5 Å². The van der Waals surface area contributed by atoms with Crippen molar-refractivity contribution in [3.63, 3.8) is 0 Å². The van der Waals surface area contributed by atoms with E-state index in [0.29, 0.717) is 11.5 Å². The van der Waals surface area contributed by atoms with Crippen LogP contribution in [0.3, 0.4) is 0 Å². The fourth-order valence-electron chi connectivity index (χ4n) is 2.93. The van der Waals surface area contributed by atoms with E-state index in [4.69, 9.17) is 4.74 Å². The molecular formula is C23H22FN3O4S. The number of ether oxygens (including phenoxy) is 1. The van der Waals surface area contributed by atoms with Crippen molar-refractivity contribution in [1.82, 2.24) is 5.43 Å². The van der Waals surface area contributed by atoms with E-state index in [1.165, 1.54) is 25.1 Å². The van der Waals surface area contributed by atoms with Gasteiger partial charge >= 0.3 is 0 Å². The van der Waals surface area contributed by atoms with Gasteiger partial charge in [0.05, 0.1) is 18.2 Å². The first-order chi connectivity index (χ1) is 15.3. The van der Waals surface area contributed by atoms with Gasteiger partial charge in [0.15, 0.2) is 0 Å². The van der Waals surface area contributed by atoms with Crippen molar-refractivity contribution in [3.05, 3.63) is 90.2 Å². The van der Waals surface area contributed by atoms with Crippen LogP contribution in [0.25, 0.3) is 0 Å². The van der Waals surface area contributed by atoms with Gasteiger partial charge in [0.25, 0.3) is 5.91 Å². The molecule has 7 nitrogen and oxygen atoms in total. The molecule has 3 rings (SSSR count). The molecule has 32 heavy (non-hydrogen) atoms. The number of hydrogen-bond donors (Lipinski definition) is 1. The molecule has 0 aliphatic heterocycles. The zero-order valence-corrected chi connectivity index (χ0v) is 18.3. The highest BCUT2D eigenvalue weighted by Crippen LogP contribution is 2.26. The predicted octanol–water partition coefficient (Wildman–Crippen LogP) is 3.92. The number of halogens is 1. The Balaban J connectivity index is 1.74. The predicted molar refractivity (Wildman–Crippen MR) is 122 cm³/mol. The molecule has 9 heteroatoms. The number of anilines is 1. The second-order valence-electron chi connectivity index (χ2n) is 6.90. The Labute approximate surface area is 186 Å². The SMILES string of the molecule is C[C@H](C(=O)N/N=C\c1ccccc1F)N(c1ccc(Oc2ccccc2)cc1)S(C)(=O)=O. The summed E-state index contributed by atoms with van der Waals surface area (Å²) in [5.74, 6) is -0.0116. The topological polar surface area (TPSA) is 88.1 Å². The average molecular weight is 456 g/mol. The Morgan fingerprint density at radius 1 is 1.00 bits per heavy atom. The van der Waals surface area contributed by atoms with Crippen LogP contribution in [-0.4, -0.2) is 32.8 Å². The quantitative estimate of drug-likeness (QED) is 0.412. The lowest BCUT2D eigenvalue weighted by Crippen LogP contribution is -2.46. The van der Waals surface area contributed by atoms with Crippen LogP contribution in [0.1, 0.15) is 12.5 Å². The van der Waals surface area contributed by atoms with Crippen LogP contribution in [0, 0.1) is 5.82 Å². The molecule has 0 radical (unpaired) electrons. The lowest BCUT2D eigenvalue weighted by Gasteiger charge is -2.27. The molecule has 1 amide bonds. The number of carbonyl (C=O) groups is 1. The number of hydrogen-bond acceptors (Lipinski definition) is 5. The Kier molecular flexibility index (Phi) is 7.21. The molecule has 166 valence electrons. The second-order valence-corrected chi connectivity index (χ2v) is 8.76. The summed E-state index contributed by atoms with van der Waals surface area (Å²) in [7, 11) is -3.80. The van der Waals surface area contributed by atoms with Gasteiger partial charge in [-0.05, 0) is 49.4 Å². The second kappa shape index (κ2) is 10.1. The van der Waals surface area contributed by atoms with E-state index in [0.717, 1.165) is 16.8 Å². The van der Waals surface area contributed by atoms with Crippen molar-refractivity contribution in [2.24, 2.45) is 5.10 Å². The van der Waals surface area contributed by atoms with E-state index in [2.05, 4.69) is 10.5 Å². The zero-order chi connectivity index (χ0) is 23.1. The Hall–Kier alpha value is -3.72. The summed E-state index contributed by atoms with van der Waals surface area (Å²) in [6.07, 6.45) is 2.16. The highest BCUT2D eigenvalue weighted by atomic mass is 32.2. The smallest absolute Gasteiger partial charge is 0.263 e. The molecule has 0 bridgehead atoms.